The summed E-state index contributed by atoms with van der Waals surface area (Å²) in [5, 5.41) is 13.2. The van der Waals surface area contributed by atoms with Gasteiger partial charge in [0.05, 0.1) is 11.2 Å². The summed E-state index contributed by atoms with van der Waals surface area (Å²) >= 11 is 0. The number of benzene rings is 2. The molecule has 22 heavy (non-hydrogen) atoms. The van der Waals surface area contributed by atoms with Crippen molar-refractivity contribution < 1.29 is 4.74 Å². The molecule has 0 aliphatic rings. The third kappa shape index (κ3) is 1.94. The lowest BCUT2D eigenvalue weighted by Gasteiger charge is -2.04. The van der Waals surface area contributed by atoms with Crippen LogP contribution in [0.3, 0.4) is 0 Å². The number of aromatic nitrogens is 6. The fourth-order valence-corrected chi connectivity index (χ4v) is 2.32. The zero-order chi connectivity index (χ0) is 14.9. The molecule has 0 bridgehead atoms. The van der Waals surface area contributed by atoms with E-state index in [-0.39, 0.29) is 11.7 Å². The van der Waals surface area contributed by atoms with E-state index in [2.05, 4.69) is 25.6 Å². The highest BCUT2D eigenvalue weighted by molar-refractivity contribution is 5.83. The molecule has 2 heterocycles. The molecule has 8 heteroatoms. The van der Waals surface area contributed by atoms with Crippen molar-refractivity contribution in [3.63, 3.8) is 0 Å². The molecule has 0 aliphatic carbocycles. The van der Waals surface area contributed by atoms with E-state index in [9.17, 15) is 4.79 Å². The molecule has 0 atom stereocenters. The molecular formula is C14H10N6O2. The van der Waals surface area contributed by atoms with Crippen LogP contribution in [0.1, 0.15) is 0 Å². The van der Waals surface area contributed by atoms with E-state index < -0.39 is 0 Å². The van der Waals surface area contributed by atoms with Crippen LogP contribution >= 0.6 is 0 Å². The largest absolute Gasteiger partial charge is 0.420 e. The van der Waals surface area contributed by atoms with E-state index in [4.69, 9.17) is 4.74 Å². The fraction of sp³-hybridized carbons (Fsp3) is 0. The first kappa shape index (κ1) is 12.3. The van der Waals surface area contributed by atoms with E-state index in [0.29, 0.717) is 16.8 Å². The smallest absolute Gasteiger partial charge is 0.361 e. The topological polar surface area (TPSA) is 101 Å². The normalized spacial score (nSPS) is 10.9. The second-order valence-electron chi connectivity index (χ2n) is 4.55. The van der Waals surface area contributed by atoms with Crippen LogP contribution in [-0.4, -0.2) is 30.2 Å². The minimum Gasteiger partial charge on any atom is -0.420 e. The monoisotopic (exact) mass is 294 g/mol. The Morgan fingerprint density at radius 2 is 1.91 bits per heavy atom. The number of imidazole rings is 1. The van der Waals surface area contributed by atoms with Crippen molar-refractivity contribution in [2.45, 2.75) is 0 Å². The number of ether oxygens (including phenoxy) is 1. The van der Waals surface area contributed by atoms with Gasteiger partial charge in [-0.1, -0.05) is 34.5 Å². The zero-order valence-electron chi connectivity index (χ0n) is 11.2. The number of nitrogens with one attached hydrogen (secondary N) is 2. The van der Waals surface area contributed by atoms with Crippen LogP contribution in [0.25, 0.3) is 16.7 Å². The van der Waals surface area contributed by atoms with Gasteiger partial charge in [0.25, 0.3) is 0 Å². The maximum atomic E-state index is 12.3. The second-order valence-corrected chi connectivity index (χ2v) is 4.55. The van der Waals surface area contributed by atoms with E-state index in [1.807, 2.05) is 36.4 Å². The number of aromatic amines is 2. The third-order valence-electron chi connectivity index (χ3n) is 3.22. The molecule has 0 saturated heterocycles. The Balaban J connectivity index is 1.91. The number of fused-ring (bicyclic) bond motifs is 1. The first-order chi connectivity index (χ1) is 10.8. The molecule has 0 amide bonds. The van der Waals surface area contributed by atoms with Crippen LogP contribution < -0.4 is 10.4 Å². The number of hydrogen-bond acceptors (Lipinski definition) is 5. The minimum atomic E-state index is -0.245. The first-order valence-corrected chi connectivity index (χ1v) is 6.53. The van der Waals surface area contributed by atoms with Gasteiger partial charge in [-0.15, -0.1) is 0 Å². The lowest BCUT2D eigenvalue weighted by molar-refractivity contribution is 0.446. The van der Waals surface area contributed by atoms with Crippen molar-refractivity contribution in [3.05, 3.63) is 59.0 Å². The Morgan fingerprint density at radius 1 is 1.05 bits per heavy atom. The minimum absolute atomic E-state index is 0.0841. The van der Waals surface area contributed by atoms with E-state index in [1.54, 1.807) is 16.7 Å². The number of H-pyrrole nitrogens is 2. The summed E-state index contributed by atoms with van der Waals surface area (Å²) in [6.45, 7) is 0. The Bertz CT molecular complexity index is 972. The zero-order valence-corrected chi connectivity index (χ0v) is 11.2. The first-order valence-electron chi connectivity index (χ1n) is 6.53. The third-order valence-corrected chi connectivity index (χ3v) is 3.22. The Kier molecular flexibility index (Phi) is 2.72. The van der Waals surface area contributed by atoms with Crippen LogP contribution in [0.4, 0.5) is 0 Å². The van der Waals surface area contributed by atoms with Gasteiger partial charge in [0.1, 0.15) is 5.52 Å². The summed E-state index contributed by atoms with van der Waals surface area (Å²) in [6.07, 6.45) is 0. The molecule has 2 N–H and O–H groups in total. The van der Waals surface area contributed by atoms with Gasteiger partial charge < -0.3 is 9.72 Å². The molecule has 4 aromatic rings. The molecular weight excluding hydrogens is 284 g/mol. The predicted molar refractivity (Wildman–Crippen MR) is 78.1 cm³/mol. The fourth-order valence-electron chi connectivity index (χ4n) is 2.32. The quantitative estimate of drug-likeness (QED) is 0.598. The molecule has 0 aliphatic heterocycles. The highest BCUT2D eigenvalue weighted by atomic mass is 16.5. The Morgan fingerprint density at radius 3 is 2.68 bits per heavy atom. The standard InChI is InChI=1S/C14H10N6O2/c21-14-15-12-10(20(14)9-5-2-1-3-6-9)7-4-8-11(12)22-13-16-18-19-17-13/h1-8H,(H,15,21)(H,16,17,18,19). The summed E-state index contributed by atoms with van der Waals surface area (Å²) in [5.74, 6) is 0.450. The molecule has 2 aromatic carbocycles. The summed E-state index contributed by atoms with van der Waals surface area (Å²) in [7, 11) is 0. The van der Waals surface area contributed by atoms with Crippen LogP contribution in [0.15, 0.2) is 53.3 Å². The maximum Gasteiger partial charge on any atom is 0.361 e. The Labute approximate surface area is 123 Å². The maximum absolute atomic E-state index is 12.3. The van der Waals surface area contributed by atoms with Gasteiger partial charge in [0.15, 0.2) is 5.75 Å². The SMILES string of the molecule is O=c1[nH]c2c(Oc3nn[nH]n3)cccc2n1-c1ccccc1. The van der Waals surface area contributed by atoms with Crippen molar-refractivity contribution in [1.82, 2.24) is 30.2 Å². The summed E-state index contributed by atoms with van der Waals surface area (Å²) < 4.78 is 7.12. The molecule has 0 unspecified atom stereocenters. The highest BCUT2D eigenvalue weighted by Crippen LogP contribution is 2.27. The van der Waals surface area contributed by atoms with E-state index in [1.165, 1.54) is 0 Å². The summed E-state index contributed by atoms with van der Waals surface area (Å²) in [6, 6.07) is 14.8. The molecule has 2 aromatic heterocycles. The van der Waals surface area contributed by atoms with Gasteiger partial charge in [0, 0.05) is 0 Å². The van der Waals surface area contributed by atoms with Crippen molar-refractivity contribution >= 4 is 11.0 Å². The highest BCUT2D eigenvalue weighted by Gasteiger charge is 2.13. The molecule has 0 fully saturated rings. The number of nitrogens with zero attached hydrogens (tertiary/aromatic N) is 4. The lowest BCUT2D eigenvalue weighted by Crippen LogP contribution is -2.14. The van der Waals surface area contributed by atoms with Gasteiger partial charge in [0.2, 0.25) is 0 Å². The lowest BCUT2D eigenvalue weighted by atomic mass is 10.2. The van der Waals surface area contributed by atoms with E-state index in [0.717, 1.165) is 5.69 Å². The molecule has 0 saturated carbocycles. The van der Waals surface area contributed by atoms with Gasteiger partial charge >= 0.3 is 11.7 Å². The van der Waals surface area contributed by atoms with Gasteiger partial charge in [-0.2, -0.15) is 5.21 Å². The van der Waals surface area contributed by atoms with E-state index >= 15 is 0 Å². The van der Waals surface area contributed by atoms with Crippen molar-refractivity contribution in [1.29, 1.82) is 0 Å². The predicted octanol–water partition coefficient (Wildman–Crippen LogP) is 1.62. The van der Waals surface area contributed by atoms with Gasteiger partial charge in [-0.05, 0) is 29.5 Å². The number of tetrazole rings is 1. The average Bonchev–Trinajstić information content (AvgIpc) is 3.15. The van der Waals surface area contributed by atoms with Crippen LogP contribution in [0.2, 0.25) is 0 Å². The summed E-state index contributed by atoms with van der Waals surface area (Å²) in [4.78, 5) is 15.1. The molecule has 108 valence electrons. The number of rotatable bonds is 3. The van der Waals surface area contributed by atoms with Gasteiger partial charge in [-0.3, -0.25) is 4.57 Å². The average molecular weight is 294 g/mol. The van der Waals surface area contributed by atoms with Gasteiger partial charge in [-0.25, -0.2) is 4.79 Å². The van der Waals surface area contributed by atoms with Crippen LogP contribution in [-0.2, 0) is 0 Å². The van der Waals surface area contributed by atoms with Crippen LogP contribution in [0, 0.1) is 0 Å². The van der Waals surface area contributed by atoms with Crippen molar-refractivity contribution in [2.24, 2.45) is 0 Å². The van der Waals surface area contributed by atoms with Crippen molar-refractivity contribution in [3.8, 4) is 17.4 Å². The number of para-hydroxylation sites is 2. The molecule has 0 spiro atoms. The molecule has 8 nitrogen and oxygen atoms in total. The Hall–Kier alpha value is -3.42. The van der Waals surface area contributed by atoms with Crippen LogP contribution in [0.5, 0.6) is 11.8 Å². The summed E-state index contributed by atoms with van der Waals surface area (Å²) in [5.41, 5.74) is 1.80. The molecule has 4 rings (SSSR count). The second kappa shape index (κ2) is 4.85. The number of hydrogen-bond donors (Lipinski definition) is 2. The molecule has 0 radical (unpaired) electrons. The van der Waals surface area contributed by atoms with Crippen molar-refractivity contribution in [2.75, 3.05) is 0 Å².